The van der Waals surface area contributed by atoms with Crippen molar-refractivity contribution in [3.8, 4) is 11.1 Å². The second-order valence-electron chi connectivity index (χ2n) is 8.51. The minimum atomic E-state index is -0.940. The Hall–Kier alpha value is -2.82. The Labute approximate surface area is 172 Å². The Kier molecular flexibility index (Phi) is 6.26. The molecule has 0 aromatic heterocycles. The predicted molar refractivity (Wildman–Crippen MR) is 113 cm³/mol. The van der Waals surface area contributed by atoms with E-state index < -0.39 is 11.6 Å². The number of hydrogen-bond acceptors (Lipinski definition) is 3. The highest BCUT2D eigenvalue weighted by Gasteiger charge is 2.30. The van der Waals surface area contributed by atoms with Gasteiger partial charge in [-0.15, -0.1) is 0 Å². The van der Waals surface area contributed by atoms with Gasteiger partial charge in [0.1, 0.15) is 5.60 Å². The number of ether oxygens (including phenoxy) is 1. The van der Waals surface area contributed by atoms with Crippen LogP contribution < -0.4 is 0 Å². The molecular weight excluding hydrogens is 366 g/mol. The van der Waals surface area contributed by atoms with E-state index in [2.05, 4.69) is 0 Å². The molecular formula is C24H29NO4. The maximum atomic E-state index is 12.8. The molecule has 0 saturated carbocycles. The van der Waals surface area contributed by atoms with Crippen LogP contribution in [0.1, 0.15) is 68.4 Å². The number of carboxylic acid groups (broad SMARTS) is 1. The largest absolute Gasteiger partial charge is 0.478 e. The SMILES string of the molecule is CC(C)(C)OC(=O)N1CCCCC[C@H]1c1ccc(-c2ccccc2C(=O)O)cc1. The molecule has 29 heavy (non-hydrogen) atoms. The first kappa shape index (κ1) is 20.9. The third-order valence-electron chi connectivity index (χ3n) is 5.14. The van der Waals surface area contributed by atoms with Crippen molar-refractivity contribution in [1.82, 2.24) is 4.90 Å². The summed E-state index contributed by atoms with van der Waals surface area (Å²) in [5, 5.41) is 9.45. The highest BCUT2D eigenvalue weighted by molar-refractivity contribution is 5.96. The van der Waals surface area contributed by atoms with Crippen LogP contribution in [0.15, 0.2) is 48.5 Å². The van der Waals surface area contributed by atoms with Gasteiger partial charge in [0, 0.05) is 6.54 Å². The van der Waals surface area contributed by atoms with Gasteiger partial charge in [-0.1, -0.05) is 55.3 Å². The fraction of sp³-hybridized carbons (Fsp3) is 0.417. The summed E-state index contributed by atoms with van der Waals surface area (Å²) in [7, 11) is 0. The van der Waals surface area contributed by atoms with E-state index >= 15 is 0 Å². The number of carbonyl (C=O) groups is 2. The monoisotopic (exact) mass is 395 g/mol. The lowest BCUT2D eigenvalue weighted by molar-refractivity contribution is 0.0163. The second-order valence-corrected chi connectivity index (χ2v) is 8.51. The predicted octanol–water partition coefficient (Wildman–Crippen LogP) is 5.90. The van der Waals surface area contributed by atoms with Crippen molar-refractivity contribution < 1.29 is 19.4 Å². The number of likely N-dealkylation sites (tertiary alicyclic amines) is 1. The van der Waals surface area contributed by atoms with Crippen LogP contribution in [0, 0.1) is 0 Å². The highest BCUT2D eigenvalue weighted by Crippen LogP contribution is 2.33. The van der Waals surface area contributed by atoms with Crippen LogP contribution >= 0.6 is 0 Å². The molecule has 1 aliphatic rings. The number of carboxylic acids is 1. The van der Waals surface area contributed by atoms with Gasteiger partial charge >= 0.3 is 12.1 Å². The molecule has 0 bridgehead atoms. The van der Waals surface area contributed by atoms with Crippen LogP contribution in [0.2, 0.25) is 0 Å². The molecule has 2 aromatic rings. The average molecular weight is 395 g/mol. The molecule has 154 valence electrons. The zero-order valence-electron chi connectivity index (χ0n) is 17.4. The molecule has 1 heterocycles. The van der Waals surface area contributed by atoms with Crippen LogP contribution in [0.25, 0.3) is 11.1 Å². The number of benzene rings is 2. The average Bonchev–Trinajstić information content (AvgIpc) is 2.93. The molecule has 1 saturated heterocycles. The quantitative estimate of drug-likeness (QED) is 0.702. The van der Waals surface area contributed by atoms with Crippen LogP contribution in [-0.4, -0.2) is 34.2 Å². The summed E-state index contributed by atoms with van der Waals surface area (Å²) in [6, 6.07) is 14.8. The van der Waals surface area contributed by atoms with Gasteiger partial charge in [0.25, 0.3) is 0 Å². The molecule has 1 fully saturated rings. The van der Waals surface area contributed by atoms with Gasteiger partial charge in [0.2, 0.25) is 0 Å². The second kappa shape index (κ2) is 8.68. The molecule has 5 heteroatoms. The summed E-state index contributed by atoms with van der Waals surface area (Å²) in [4.78, 5) is 26.2. The van der Waals surface area contributed by atoms with Crippen molar-refractivity contribution in [2.24, 2.45) is 0 Å². The number of aromatic carboxylic acids is 1. The Morgan fingerprint density at radius 1 is 1.00 bits per heavy atom. The fourth-order valence-corrected chi connectivity index (χ4v) is 3.80. The molecule has 0 spiro atoms. The number of amides is 1. The van der Waals surface area contributed by atoms with Crippen molar-refractivity contribution in [3.05, 3.63) is 59.7 Å². The lowest BCUT2D eigenvalue weighted by atomic mass is 9.95. The van der Waals surface area contributed by atoms with Gasteiger partial charge in [0.05, 0.1) is 11.6 Å². The zero-order chi connectivity index (χ0) is 21.0. The summed E-state index contributed by atoms with van der Waals surface area (Å²) < 4.78 is 5.64. The van der Waals surface area contributed by atoms with Crippen LogP contribution in [0.5, 0.6) is 0 Å². The lowest BCUT2D eigenvalue weighted by Gasteiger charge is -2.32. The Balaban J connectivity index is 1.88. The molecule has 1 aliphatic heterocycles. The zero-order valence-corrected chi connectivity index (χ0v) is 17.4. The number of hydrogen-bond donors (Lipinski definition) is 1. The first-order valence-corrected chi connectivity index (χ1v) is 10.2. The smallest absolute Gasteiger partial charge is 0.410 e. The van der Waals surface area contributed by atoms with Crippen molar-refractivity contribution in [2.45, 2.75) is 58.1 Å². The van der Waals surface area contributed by atoms with E-state index in [1.807, 2.05) is 62.1 Å². The van der Waals surface area contributed by atoms with Gasteiger partial charge in [-0.05, 0) is 56.4 Å². The van der Waals surface area contributed by atoms with Gasteiger partial charge in [0.15, 0.2) is 0 Å². The molecule has 1 amide bonds. The molecule has 0 aliphatic carbocycles. The minimum Gasteiger partial charge on any atom is -0.478 e. The van der Waals surface area contributed by atoms with E-state index in [9.17, 15) is 14.7 Å². The Bertz CT molecular complexity index is 867. The van der Waals surface area contributed by atoms with E-state index in [4.69, 9.17) is 4.74 Å². The number of rotatable bonds is 3. The standard InChI is InChI=1S/C24H29NO4/c1-24(2,3)29-23(28)25-16-8-4-5-11-21(25)18-14-12-17(13-15-18)19-9-6-7-10-20(19)22(26)27/h6-7,9-10,12-15,21H,4-5,8,11,16H2,1-3H3,(H,26,27)/t21-/m0/s1. The van der Waals surface area contributed by atoms with Crippen LogP contribution in [-0.2, 0) is 4.74 Å². The van der Waals surface area contributed by atoms with Crippen molar-refractivity contribution >= 4 is 12.1 Å². The summed E-state index contributed by atoms with van der Waals surface area (Å²) in [5.74, 6) is -0.940. The number of carbonyl (C=O) groups excluding carboxylic acids is 1. The molecule has 1 atom stereocenters. The van der Waals surface area contributed by atoms with Crippen LogP contribution in [0.3, 0.4) is 0 Å². The maximum Gasteiger partial charge on any atom is 0.410 e. The minimum absolute atomic E-state index is 0.0314. The van der Waals surface area contributed by atoms with E-state index in [0.717, 1.165) is 36.8 Å². The third kappa shape index (κ3) is 5.17. The summed E-state index contributed by atoms with van der Waals surface area (Å²) in [5.41, 5.74) is 2.35. The van der Waals surface area contributed by atoms with E-state index in [1.54, 1.807) is 12.1 Å². The van der Waals surface area contributed by atoms with E-state index in [1.165, 1.54) is 0 Å². The maximum absolute atomic E-state index is 12.8. The van der Waals surface area contributed by atoms with Crippen molar-refractivity contribution in [3.63, 3.8) is 0 Å². The Morgan fingerprint density at radius 2 is 1.69 bits per heavy atom. The fourth-order valence-electron chi connectivity index (χ4n) is 3.80. The highest BCUT2D eigenvalue weighted by atomic mass is 16.6. The topological polar surface area (TPSA) is 66.8 Å². The first-order valence-electron chi connectivity index (χ1n) is 10.2. The molecule has 2 aromatic carbocycles. The van der Waals surface area contributed by atoms with E-state index in [0.29, 0.717) is 12.1 Å². The molecule has 0 unspecified atom stereocenters. The summed E-state index contributed by atoms with van der Waals surface area (Å²) in [6.07, 6.45) is 3.75. The van der Waals surface area contributed by atoms with Gasteiger partial charge in [-0.3, -0.25) is 0 Å². The van der Waals surface area contributed by atoms with Crippen molar-refractivity contribution in [1.29, 1.82) is 0 Å². The number of nitrogens with zero attached hydrogens (tertiary/aromatic N) is 1. The molecule has 1 N–H and O–H groups in total. The van der Waals surface area contributed by atoms with Crippen LogP contribution in [0.4, 0.5) is 4.79 Å². The van der Waals surface area contributed by atoms with Gasteiger partial charge < -0.3 is 14.7 Å². The first-order chi connectivity index (χ1) is 13.8. The molecule has 3 rings (SSSR count). The lowest BCUT2D eigenvalue weighted by Crippen LogP contribution is -2.39. The summed E-state index contributed by atoms with van der Waals surface area (Å²) >= 11 is 0. The van der Waals surface area contributed by atoms with E-state index in [-0.39, 0.29) is 17.7 Å². The third-order valence-corrected chi connectivity index (χ3v) is 5.14. The Morgan fingerprint density at radius 3 is 2.34 bits per heavy atom. The normalized spacial score (nSPS) is 17.5. The van der Waals surface area contributed by atoms with Crippen molar-refractivity contribution in [2.75, 3.05) is 6.54 Å². The molecule has 5 nitrogen and oxygen atoms in total. The van der Waals surface area contributed by atoms with Gasteiger partial charge in [-0.2, -0.15) is 0 Å². The summed E-state index contributed by atoms with van der Waals surface area (Å²) in [6.45, 7) is 6.33. The molecule has 0 radical (unpaired) electrons. The van der Waals surface area contributed by atoms with Gasteiger partial charge in [-0.25, -0.2) is 9.59 Å².